The Kier molecular flexibility index (Phi) is 5.77. The summed E-state index contributed by atoms with van der Waals surface area (Å²) in [6, 6.07) is 7.97. The number of thioether (sulfide) groups is 1. The predicted octanol–water partition coefficient (Wildman–Crippen LogP) is 2.47. The van der Waals surface area contributed by atoms with Gasteiger partial charge in [0.25, 0.3) is 0 Å². The van der Waals surface area contributed by atoms with Crippen LogP contribution in [-0.2, 0) is 20.7 Å². The molecule has 1 aromatic rings. The van der Waals surface area contributed by atoms with Gasteiger partial charge in [0, 0.05) is 11.3 Å². The monoisotopic (exact) mass is 252 g/mol. The SMILES string of the molecule is CCOC(=O)C(=O)CCc1ccc(SC)cc1. The lowest BCUT2D eigenvalue weighted by Gasteiger charge is -2.02. The summed E-state index contributed by atoms with van der Waals surface area (Å²) in [5.41, 5.74) is 1.06. The van der Waals surface area contributed by atoms with Crippen LogP contribution in [0.2, 0.25) is 0 Å². The first-order valence-corrected chi connectivity index (χ1v) is 6.72. The zero-order valence-electron chi connectivity index (χ0n) is 10.1. The van der Waals surface area contributed by atoms with Gasteiger partial charge in [-0.05, 0) is 37.3 Å². The van der Waals surface area contributed by atoms with Crippen molar-refractivity contribution in [2.45, 2.75) is 24.7 Å². The molecule has 1 aromatic carbocycles. The molecule has 0 amide bonds. The quantitative estimate of drug-likeness (QED) is 0.443. The molecule has 92 valence electrons. The lowest BCUT2D eigenvalue weighted by atomic mass is 10.1. The van der Waals surface area contributed by atoms with E-state index >= 15 is 0 Å². The molecule has 0 radical (unpaired) electrons. The Hall–Kier alpha value is -1.29. The number of ether oxygens (including phenoxy) is 1. The fourth-order valence-corrected chi connectivity index (χ4v) is 1.77. The smallest absolute Gasteiger partial charge is 0.374 e. The van der Waals surface area contributed by atoms with Gasteiger partial charge in [0.2, 0.25) is 5.78 Å². The predicted molar refractivity (Wildman–Crippen MR) is 68.2 cm³/mol. The number of carbonyl (C=O) groups is 2. The first-order valence-electron chi connectivity index (χ1n) is 5.50. The van der Waals surface area contributed by atoms with Crippen molar-refractivity contribution in [1.29, 1.82) is 0 Å². The van der Waals surface area contributed by atoms with Crippen molar-refractivity contribution in [2.75, 3.05) is 12.9 Å². The highest BCUT2D eigenvalue weighted by Gasteiger charge is 2.14. The molecule has 1 rings (SSSR count). The second-order valence-electron chi connectivity index (χ2n) is 3.49. The Labute approximate surface area is 106 Å². The van der Waals surface area contributed by atoms with Crippen molar-refractivity contribution in [3.05, 3.63) is 29.8 Å². The van der Waals surface area contributed by atoms with E-state index in [2.05, 4.69) is 4.74 Å². The third-order valence-electron chi connectivity index (χ3n) is 2.30. The molecule has 3 nitrogen and oxygen atoms in total. The maximum atomic E-state index is 11.4. The second-order valence-corrected chi connectivity index (χ2v) is 4.37. The van der Waals surface area contributed by atoms with Gasteiger partial charge in [0.1, 0.15) is 0 Å². The number of ketones is 1. The first kappa shape index (κ1) is 13.8. The van der Waals surface area contributed by atoms with Crippen LogP contribution in [0.5, 0.6) is 0 Å². The van der Waals surface area contributed by atoms with Gasteiger partial charge >= 0.3 is 5.97 Å². The van der Waals surface area contributed by atoms with Crippen LogP contribution in [0.1, 0.15) is 18.9 Å². The Balaban J connectivity index is 2.44. The standard InChI is InChI=1S/C13H16O3S/c1-3-16-13(15)12(14)9-6-10-4-7-11(17-2)8-5-10/h4-5,7-8H,3,6,9H2,1-2H3. The van der Waals surface area contributed by atoms with Crippen molar-refractivity contribution >= 4 is 23.5 Å². The number of esters is 1. The highest BCUT2D eigenvalue weighted by atomic mass is 32.2. The molecule has 0 aliphatic heterocycles. The zero-order chi connectivity index (χ0) is 12.7. The molecule has 0 spiro atoms. The number of carbonyl (C=O) groups excluding carboxylic acids is 2. The Morgan fingerprint density at radius 3 is 2.41 bits per heavy atom. The van der Waals surface area contributed by atoms with E-state index in [4.69, 9.17) is 0 Å². The molecule has 0 saturated carbocycles. The fourth-order valence-electron chi connectivity index (χ4n) is 1.36. The summed E-state index contributed by atoms with van der Waals surface area (Å²) in [6.07, 6.45) is 2.79. The number of Topliss-reactive ketones (excluding diaryl/α,β-unsaturated/α-hetero) is 1. The number of hydrogen-bond donors (Lipinski definition) is 0. The van der Waals surface area contributed by atoms with E-state index < -0.39 is 11.8 Å². The van der Waals surface area contributed by atoms with Gasteiger partial charge in [-0.25, -0.2) is 4.79 Å². The number of benzene rings is 1. The number of aryl methyl sites for hydroxylation is 1. The van der Waals surface area contributed by atoms with Crippen LogP contribution >= 0.6 is 11.8 Å². The average molecular weight is 252 g/mol. The third-order valence-corrected chi connectivity index (χ3v) is 3.05. The van der Waals surface area contributed by atoms with E-state index in [1.165, 1.54) is 4.90 Å². The summed E-state index contributed by atoms with van der Waals surface area (Å²) >= 11 is 1.67. The van der Waals surface area contributed by atoms with Crippen LogP contribution in [0.25, 0.3) is 0 Å². The van der Waals surface area contributed by atoms with Crippen LogP contribution in [-0.4, -0.2) is 24.6 Å². The van der Waals surface area contributed by atoms with Crippen LogP contribution in [0.4, 0.5) is 0 Å². The van der Waals surface area contributed by atoms with Crippen molar-refractivity contribution in [3.63, 3.8) is 0 Å². The van der Waals surface area contributed by atoms with E-state index in [9.17, 15) is 9.59 Å². The minimum Gasteiger partial charge on any atom is -0.460 e. The topological polar surface area (TPSA) is 43.4 Å². The van der Waals surface area contributed by atoms with E-state index in [0.29, 0.717) is 6.42 Å². The molecule has 0 aromatic heterocycles. The Bertz CT molecular complexity index is 384. The van der Waals surface area contributed by atoms with Gasteiger partial charge in [-0.15, -0.1) is 11.8 Å². The summed E-state index contributed by atoms with van der Waals surface area (Å²) < 4.78 is 4.64. The average Bonchev–Trinajstić information content (AvgIpc) is 2.36. The van der Waals surface area contributed by atoms with Gasteiger partial charge in [-0.1, -0.05) is 12.1 Å². The molecule has 0 unspecified atom stereocenters. The lowest BCUT2D eigenvalue weighted by Crippen LogP contribution is -2.17. The van der Waals surface area contributed by atoms with E-state index in [-0.39, 0.29) is 13.0 Å². The highest BCUT2D eigenvalue weighted by Crippen LogP contribution is 2.15. The number of rotatable bonds is 6. The summed E-state index contributed by atoms with van der Waals surface area (Å²) in [7, 11) is 0. The van der Waals surface area contributed by atoms with Crippen molar-refractivity contribution in [2.24, 2.45) is 0 Å². The third kappa shape index (κ3) is 4.61. The highest BCUT2D eigenvalue weighted by molar-refractivity contribution is 7.98. The molecule has 0 aliphatic rings. The molecule has 0 bridgehead atoms. The molecular formula is C13H16O3S. The summed E-state index contributed by atoms with van der Waals surface area (Å²) in [4.78, 5) is 23.6. The van der Waals surface area contributed by atoms with Crippen LogP contribution < -0.4 is 0 Å². The van der Waals surface area contributed by atoms with E-state index in [0.717, 1.165) is 5.56 Å². The molecule has 17 heavy (non-hydrogen) atoms. The Morgan fingerprint density at radius 1 is 1.24 bits per heavy atom. The maximum Gasteiger partial charge on any atom is 0.374 e. The molecular weight excluding hydrogens is 236 g/mol. The normalized spacial score (nSPS) is 10.0. The molecule has 0 saturated heterocycles. The van der Waals surface area contributed by atoms with Gasteiger partial charge in [-0.2, -0.15) is 0 Å². The minimum absolute atomic E-state index is 0.206. The minimum atomic E-state index is -0.728. The second kappa shape index (κ2) is 7.12. The maximum absolute atomic E-state index is 11.4. The van der Waals surface area contributed by atoms with E-state index in [1.807, 2.05) is 30.5 Å². The fraction of sp³-hybridized carbons (Fsp3) is 0.385. The number of hydrogen-bond acceptors (Lipinski definition) is 4. The Morgan fingerprint density at radius 2 is 1.88 bits per heavy atom. The molecule has 0 heterocycles. The zero-order valence-corrected chi connectivity index (χ0v) is 10.9. The van der Waals surface area contributed by atoms with Crippen molar-refractivity contribution < 1.29 is 14.3 Å². The largest absolute Gasteiger partial charge is 0.460 e. The summed E-state index contributed by atoms with van der Waals surface area (Å²) in [5.74, 6) is -1.19. The van der Waals surface area contributed by atoms with Gasteiger partial charge in [-0.3, -0.25) is 4.79 Å². The van der Waals surface area contributed by atoms with Crippen LogP contribution in [0.3, 0.4) is 0 Å². The molecule has 0 fully saturated rings. The lowest BCUT2D eigenvalue weighted by molar-refractivity contribution is -0.153. The van der Waals surface area contributed by atoms with Crippen molar-refractivity contribution in [3.8, 4) is 0 Å². The van der Waals surface area contributed by atoms with Gasteiger partial charge in [0.05, 0.1) is 6.61 Å². The molecule has 0 N–H and O–H groups in total. The summed E-state index contributed by atoms with van der Waals surface area (Å²) in [5, 5.41) is 0. The van der Waals surface area contributed by atoms with Gasteiger partial charge < -0.3 is 4.74 Å². The molecule has 4 heteroatoms. The molecule has 0 atom stereocenters. The molecule has 0 aliphatic carbocycles. The first-order chi connectivity index (χ1) is 8.17. The van der Waals surface area contributed by atoms with Gasteiger partial charge in [0.15, 0.2) is 0 Å². The van der Waals surface area contributed by atoms with E-state index in [1.54, 1.807) is 18.7 Å². The van der Waals surface area contributed by atoms with Crippen LogP contribution in [0.15, 0.2) is 29.2 Å². The van der Waals surface area contributed by atoms with Crippen molar-refractivity contribution in [1.82, 2.24) is 0 Å². The summed E-state index contributed by atoms with van der Waals surface area (Å²) in [6.45, 7) is 1.93. The van der Waals surface area contributed by atoms with Crippen LogP contribution in [0, 0.1) is 0 Å².